The Hall–Kier alpha value is -1.32. The first-order chi connectivity index (χ1) is 7.75. The topological polar surface area (TPSA) is 58.3 Å². The number of nitrogens with two attached hydrogens (primary N) is 1. The Kier molecular flexibility index (Phi) is 3.59. The zero-order valence-electron chi connectivity index (χ0n) is 9.26. The lowest BCUT2D eigenvalue weighted by molar-refractivity contribution is 0.198. The number of para-hydroxylation sites is 1. The van der Waals surface area contributed by atoms with E-state index in [1.807, 2.05) is 36.4 Å². The van der Waals surface area contributed by atoms with Gasteiger partial charge in [0.1, 0.15) is 0 Å². The number of nitrogens with one attached hydrogen (secondary N) is 1. The molecule has 4 N–H and O–H groups in total. The van der Waals surface area contributed by atoms with Crippen LogP contribution in [0.2, 0.25) is 0 Å². The second kappa shape index (κ2) is 5.14. The molecule has 0 saturated heterocycles. The number of hydrogen-bond acceptors (Lipinski definition) is 3. The smallest absolute Gasteiger partial charge is 0.0722 e. The molecule has 0 fully saturated rings. The molecule has 1 aliphatic rings. The summed E-state index contributed by atoms with van der Waals surface area (Å²) in [4.78, 5) is 0. The number of aliphatic hydroxyl groups excluding tert-OH is 1. The van der Waals surface area contributed by atoms with Crippen molar-refractivity contribution in [1.29, 1.82) is 0 Å². The van der Waals surface area contributed by atoms with E-state index in [0.717, 1.165) is 30.6 Å². The van der Waals surface area contributed by atoms with Crippen LogP contribution in [0.5, 0.6) is 0 Å². The minimum Gasteiger partial charge on any atom is -0.398 e. The molecular formula is C13H18N2O. The van der Waals surface area contributed by atoms with E-state index in [2.05, 4.69) is 5.32 Å². The van der Waals surface area contributed by atoms with Crippen molar-refractivity contribution in [2.45, 2.75) is 31.5 Å². The molecule has 2 atom stereocenters. The zero-order chi connectivity index (χ0) is 11.4. The molecule has 0 heterocycles. The van der Waals surface area contributed by atoms with Gasteiger partial charge in [-0.1, -0.05) is 30.4 Å². The lowest BCUT2D eigenvalue weighted by atomic mass is 10.0. The summed E-state index contributed by atoms with van der Waals surface area (Å²) in [7, 11) is 0. The number of rotatable bonds is 3. The number of benzene rings is 1. The number of anilines is 1. The van der Waals surface area contributed by atoms with Gasteiger partial charge in [-0.25, -0.2) is 0 Å². The molecule has 0 aromatic heterocycles. The van der Waals surface area contributed by atoms with Crippen molar-refractivity contribution in [3.8, 4) is 0 Å². The van der Waals surface area contributed by atoms with Crippen LogP contribution in [0.3, 0.4) is 0 Å². The molecule has 0 spiro atoms. The summed E-state index contributed by atoms with van der Waals surface area (Å²) >= 11 is 0. The summed E-state index contributed by atoms with van der Waals surface area (Å²) in [5.74, 6) is 0. The van der Waals surface area contributed by atoms with Crippen molar-refractivity contribution in [2.24, 2.45) is 0 Å². The van der Waals surface area contributed by atoms with Gasteiger partial charge in [0, 0.05) is 18.3 Å². The Balaban J connectivity index is 1.88. The van der Waals surface area contributed by atoms with Crippen molar-refractivity contribution in [1.82, 2.24) is 5.32 Å². The third-order valence-electron chi connectivity index (χ3n) is 2.95. The van der Waals surface area contributed by atoms with Crippen LogP contribution in [-0.4, -0.2) is 17.3 Å². The first-order valence-electron chi connectivity index (χ1n) is 5.69. The molecule has 86 valence electrons. The maximum absolute atomic E-state index is 9.32. The highest BCUT2D eigenvalue weighted by Crippen LogP contribution is 2.14. The van der Waals surface area contributed by atoms with Gasteiger partial charge in [-0.15, -0.1) is 0 Å². The van der Waals surface area contributed by atoms with Gasteiger partial charge in [0.2, 0.25) is 0 Å². The Morgan fingerprint density at radius 1 is 1.25 bits per heavy atom. The predicted octanol–water partition coefficient (Wildman–Crippen LogP) is 1.44. The van der Waals surface area contributed by atoms with Crippen LogP contribution in [0, 0.1) is 0 Å². The molecule has 0 saturated carbocycles. The number of nitrogen functional groups attached to an aromatic ring is 1. The van der Waals surface area contributed by atoms with Crippen LogP contribution in [0.4, 0.5) is 5.69 Å². The minimum absolute atomic E-state index is 0.264. The maximum Gasteiger partial charge on any atom is 0.0722 e. The fourth-order valence-electron chi connectivity index (χ4n) is 1.91. The van der Waals surface area contributed by atoms with Gasteiger partial charge in [-0.2, -0.15) is 0 Å². The van der Waals surface area contributed by atoms with E-state index in [1.54, 1.807) is 0 Å². The second-order valence-corrected chi connectivity index (χ2v) is 4.22. The molecule has 0 radical (unpaired) electrons. The number of hydrogen-bond donors (Lipinski definition) is 3. The molecule has 1 aromatic rings. The van der Waals surface area contributed by atoms with E-state index in [9.17, 15) is 5.11 Å². The van der Waals surface area contributed by atoms with Crippen LogP contribution >= 0.6 is 0 Å². The van der Waals surface area contributed by atoms with Gasteiger partial charge in [-0.05, 0) is 24.5 Å². The van der Waals surface area contributed by atoms with Crippen LogP contribution in [0.1, 0.15) is 18.4 Å². The van der Waals surface area contributed by atoms with E-state index in [4.69, 9.17) is 5.73 Å². The molecular weight excluding hydrogens is 200 g/mol. The highest BCUT2D eigenvalue weighted by molar-refractivity contribution is 5.46. The Labute approximate surface area is 96.0 Å². The third-order valence-corrected chi connectivity index (χ3v) is 2.95. The van der Waals surface area contributed by atoms with Crippen molar-refractivity contribution >= 4 is 5.69 Å². The fraction of sp³-hybridized carbons (Fsp3) is 0.385. The molecule has 3 heteroatoms. The predicted molar refractivity (Wildman–Crippen MR) is 65.9 cm³/mol. The fourth-order valence-corrected chi connectivity index (χ4v) is 1.91. The SMILES string of the molecule is Nc1ccccc1CN[C@@H]1C=C[C@@H](O)CC1. The highest BCUT2D eigenvalue weighted by Gasteiger charge is 2.12. The monoisotopic (exact) mass is 218 g/mol. The minimum atomic E-state index is -0.264. The average molecular weight is 218 g/mol. The van der Waals surface area contributed by atoms with Gasteiger partial charge in [0.05, 0.1) is 6.10 Å². The van der Waals surface area contributed by atoms with E-state index in [-0.39, 0.29) is 6.10 Å². The Morgan fingerprint density at radius 3 is 2.75 bits per heavy atom. The van der Waals surface area contributed by atoms with Crippen molar-refractivity contribution < 1.29 is 5.11 Å². The largest absolute Gasteiger partial charge is 0.398 e. The van der Waals surface area contributed by atoms with Gasteiger partial charge in [0.25, 0.3) is 0 Å². The summed E-state index contributed by atoms with van der Waals surface area (Å²) < 4.78 is 0. The summed E-state index contributed by atoms with van der Waals surface area (Å²) in [5, 5.41) is 12.7. The van der Waals surface area contributed by atoms with Gasteiger partial charge in [-0.3, -0.25) is 0 Å². The van der Waals surface area contributed by atoms with Crippen LogP contribution in [-0.2, 0) is 6.54 Å². The standard InChI is InChI=1S/C13H18N2O/c14-13-4-2-1-3-10(13)9-15-11-5-7-12(16)8-6-11/h1-5,7,11-12,15-16H,6,8-9,14H2/t11-,12-/m1/s1. The van der Waals surface area contributed by atoms with E-state index in [1.165, 1.54) is 0 Å². The molecule has 1 aromatic carbocycles. The van der Waals surface area contributed by atoms with Gasteiger partial charge >= 0.3 is 0 Å². The molecule has 0 bridgehead atoms. The lowest BCUT2D eigenvalue weighted by Gasteiger charge is -2.21. The van der Waals surface area contributed by atoms with E-state index in [0.29, 0.717) is 6.04 Å². The summed E-state index contributed by atoms with van der Waals surface area (Å²) in [5.41, 5.74) is 7.82. The molecule has 0 amide bonds. The second-order valence-electron chi connectivity index (χ2n) is 4.22. The molecule has 16 heavy (non-hydrogen) atoms. The highest BCUT2D eigenvalue weighted by atomic mass is 16.3. The van der Waals surface area contributed by atoms with Crippen molar-refractivity contribution in [3.05, 3.63) is 42.0 Å². The van der Waals surface area contributed by atoms with E-state index >= 15 is 0 Å². The average Bonchev–Trinajstić information content (AvgIpc) is 2.30. The molecule has 2 rings (SSSR count). The molecule has 3 nitrogen and oxygen atoms in total. The quantitative estimate of drug-likeness (QED) is 0.531. The van der Waals surface area contributed by atoms with Crippen LogP contribution in [0.15, 0.2) is 36.4 Å². The Bertz CT molecular complexity index is 376. The first-order valence-corrected chi connectivity index (χ1v) is 5.69. The maximum atomic E-state index is 9.32. The van der Waals surface area contributed by atoms with Crippen LogP contribution < -0.4 is 11.1 Å². The molecule has 0 aliphatic heterocycles. The normalized spacial score (nSPS) is 24.6. The first kappa shape index (κ1) is 11.2. The number of aliphatic hydroxyl groups is 1. The van der Waals surface area contributed by atoms with Crippen molar-refractivity contribution in [3.63, 3.8) is 0 Å². The van der Waals surface area contributed by atoms with Gasteiger partial charge in [0.15, 0.2) is 0 Å². The third kappa shape index (κ3) is 2.84. The summed E-state index contributed by atoms with van der Waals surface area (Å²) in [6.45, 7) is 0.776. The lowest BCUT2D eigenvalue weighted by Crippen LogP contribution is -2.30. The van der Waals surface area contributed by atoms with Crippen LogP contribution in [0.25, 0.3) is 0 Å². The zero-order valence-corrected chi connectivity index (χ0v) is 9.26. The Morgan fingerprint density at radius 2 is 2.06 bits per heavy atom. The van der Waals surface area contributed by atoms with Gasteiger partial charge < -0.3 is 16.2 Å². The van der Waals surface area contributed by atoms with Crippen molar-refractivity contribution in [2.75, 3.05) is 5.73 Å². The van der Waals surface area contributed by atoms with E-state index < -0.39 is 0 Å². The summed E-state index contributed by atoms with van der Waals surface area (Å²) in [6.07, 6.45) is 5.44. The molecule has 1 aliphatic carbocycles. The molecule has 0 unspecified atom stereocenters. The summed E-state index contributed by atoms with van der Waals surface area (Å²) in [6, 6.07) is 8.23.